The van der Waals surface area contributed by atoms with Gasteiger partial charge in [-0.2, -0.15) is 0 Å². The lowest BCUT2D eigenvalue weighted by Gasteiger charge is -2.31. The van der Waals surface area contributed by atoms with Crippen molar-refractivity contribution in [2.75, 3.05) is 31.7 Å². The molecule has 1 N–H and O–H groups in total. The second-order valence-corrected chi connectivity index (χ2v) is 5.94. The van der Waals surface area contributed by atoms with E-state index in [1.54, 1.807) is 7.11 Å². The van der Waals surface area contributed by atoms with Gasteiger partial charge in [-0.25, -0.2) is 0 Å². The Labute approximate surface area is 129 Å². The average molecular weight is 290 g/mol. The first-order chi connectivity index (χ1) is 10.3. The van der Waals surface area contributed by atoms with Gasteiger partial charge < -0.3 is 15.0 Å². The van der Waals surface area contributed by atoms with Gasteiger partial charge in [0, 0.05) is 38.5 Å². The summed E-state index contributed by atoms with van der Waals surface area (Å²) in [5.41, 5.74) is 2.74. The summed E-state index contributed by atoms with van der Waals surface area (Å²) in [5, 5.41) is 3.39. The predicted molar refractivity (Wildman–Crippen MR) is 89.9 cm³/mol. The molecule has 0 aromatic heterocycles. The molecule has 0 saturated carbocycles. The highest BCUT2D eigenvalue weighted by atomic mass is 16.5. The maximum atomic E-state index is 5.05. The van der Waals surface area contributed by atoms with E-state index in [0.717, 1.165) is 25.7 Å². The Bertz CT molecular complexity index is 391. The van der Waals surface area contributed by atoms with Crippen LogP contribution in [0.2, 0.25) is 0 Å². The first-order valence-corrected chi connectivity index (χ1v) is 8.40. The highest BCUT2D eigenvalue weighted by Crippen LogP contribution is 2.26. The largest absolute Gasteiger partial charge is 0.383 e. The van der Waals surface area contributed by atoms with Gasteiger partial charge in [0.15, 0.2) is 0 Å². The van der Waals surface area contributed by atoms with Crippen molar-refractivity contribution in [1.29, 1.82) is 0 Å². The zero-order valence-electron chi connectivity index (χ0n) is 13.6. The molecule has 1 saturated heterocycles. The molecule has 118 valence electrons. The number of nitrogens with zero attached hydrogens (tertiary/aromatic N) is 1. The summed E-state index contributed by atoms with van der Waals surface area (Å²) in [6, 6.07) is 9.82. The van der Waals surface area contributed by atoms with Gasteiger partial charge in [0.25, 0.3) is 0 Å². The van der Waals surface area contributed by atoms with E-state index in [-0.39, 0.29) is 0 Å². The molecule has 0 spiro atoms. The normalized spacial score (nSPS) is 19.5. The number of hydrogen-bond acceptors (Lipinski definition) is 3. The molecule has 3 nitrogen and oxygen atoms in total. The summed E-state index contributed by atoms with van der Waals surface area (Å²) in [6.45, 7) is 6.12. The van der Waals surface area contributed by atoms with E-state index < -0.39 is 0 Å². The molecule has 1 unspecified atom stereocenters. The summed E-state index contributed by atoms with van der Waals surface area (Å²) in [5.74, 6) is 0. The quantitative estimate of drug-likeness (QED) is 0.777. The van der Waals surface area contributed by atoms with Gasteiger partial charge in [0.1, 0.15) is 0 Å². The Morgan fingerprint density at radius 2 is 2.00 bits per heavy atom. The summed E-state index contributed by atoms with van der Waals surface area (Å²) >= 11 is 0. The molecule has 1 aromatic rings. The third-order valence-corrected chi connectivity index (χ3v) is 4.43. The summed E-state index contributed by atoms with van der Waals surface area (Å²) in [4.78, 5) is 2.62. The number of nitrogens with one attached hydrogen (secondary N) is 1. The van der Waals surface area contributed by atoms with Crippen molar-refractivity contribution in [3.8, 4) is 0 Å². The number of methoxy groups -OCH3 is 1. The Kier molecular flexibility index (Phi) is 7.04. The van der Waals surface area contributed by atoms with Gasteiger partial charge in [-0.15, -0.1) is 0 Å². The first-order valence-electron chi connectivity index (χ1n) is 8.40. The average Bonchev–Trinajstić information content (AvgIpc) is 2.77. The van der Waals surface area contributed by atoms with Crippen LogP contribution >= 0.6 is 0 Å². The SMILES string of the molecule is CCC1CCCCCN1c1ccc(CNCCOC)cc1. The second-order valence-electron chi connectivity index (χ2n) is 5.94. The summed E-state index contributed by atoms with van der Waals surface area (Å²) < 4.78 is 5.05. The van der Waals surface area contributed by atoms with Crippen LogP contribution in [0.1, 0.15) is 44.6 Å². The predicted octanol–water partition coefficient (Wildman–Crippen LogP) is 3.58. The fraction of sp³-hybridized carbons (Fsp3) is 0.667. The number of benzene rings is 1. The fourth-order valence-electron chi connectivity index (χ4n) is 3.15. The monoisotopic (exact) mass is 290 g/mol. The lowest BCUT2D eigenvalue weighted by Crippen LogP contribution is -2.34. The van der Waals surface area contributed by atoms with Crippen molar-refractivity contribution in [3.63, 3.8) is 0 Å². The highest BCUT2D eigenvalue weighted by molar-refractivity contribution is 5.48. The fourth-order valence-corrected chi connectivity index (χ4v) is 3.15. The maximum Gasteiger partial charge on any atom is 0.0587 e. The third kappa shape index (κ3) is 5.01. The summed E-state index contributed by atoms with van der Waals surface area (Å²) in [6.07, 6.45) is 6.69. The van der Waals surface area contributed by atoms with Gasteiger partial charge in [0.05, 0.1) is 6.61 Å². The zero-order valence-corrected chi connectivity index (χ0v) is 13.6. The van der Waals surface area contributed by atoms with E-state index in [1.807, 2.05) is 0 Å². The van der Waals surface area contributed by atoms with Crippen LogP contribution in [0.4, 0.5) is 5.69 Å². The van der Waals surface area contributed by atoms with Gasteiger partial charge in [0.2, 0.25) is 0 Å². The van der Waals surface area contributed by atoms with E-state index in [1.165, 1.54) is 49.9 Å². The minimum atomic E-state index is 0.721. The van der Waals surface area contributed by atoms with Crippen LogP contribution < -0.4 is 10.2 Å². The lowest BCUT2D eigenvalue weighted by molar-refractivity contribution is 0.199. The second kappa shape index (κ2) is 9.06. The zero-order chi connectivity index (χ0) is 14.9. The molecule has 1 fully saturated rings. The van der Waals surface area contributed by atoms with Crippen LogP contribution in [-0.2, 0) is 11.3 Å². The number of hydrogen-bond donors (Lipinski definition) is 1. The van der Waals surface area contributed by atoms with Gasteiger partial charge in [-0.1, -0.05) is 31.9 Å². The molecule has 1 heterocycles. The van der Waals surface area contributed by atoms with Crippen molar-refractivity contribution in [2.24, 2.45) is 0 Å². The number of anilines is 1. The molecule has 0 aliphatic carbocycles. The number of ether oxygens (including phenoxy) is 1. The minimum absolute atomic E-state index is 0.721. The van der Waals surface area contributed by atoms with Crippen LogP contribution in [0.3, 0.4) is 0 Å². The Hall–Kier alpha value is -1.06. The van der Waals surface area contributed by atoms with E-state index in [2.05, 4.69) is 41.4 Å². The van der Waals surface area contributed by atoms with Gasteiger partial charge in [-0.05, 0) is 37.0 Å². The van der Waals surface area contributed by atoms with E-state index in [9.17, 15) is 0 Å². The standard InChI is InChI=1S/C18H30N2O/c1-3-17-7-5-4-6-13-20(17)18-10-8-16(9-11-18)15-19-12-14-21-2/h8-11,17,19H,3-7,12-15H2,1-2H3. The Morgan fingerprint density at radius 3 is 2.71 bits per heavy atom. The molecule has 3 heteroatoms. The molecule has 21 heavy (non-hydrogen) atoms. The molecular formula is C18H30N2O. The van der Waals surface area contributed by atoms with Crippen LogP contribution in [0.15, 0.2) is 24.3 Å². The lowest BCUT2D eigenvalue weighted by atomic mass is 10.1. The molecule has 1 aromatic carbocycles. The van der Waals surface area contributed by atoms with Gasteiger partial charge in [-0.3, -0.25) is 0 Å². The minimum Gasteiger partial charge on any atom is -0.383 e. The van der Waals surface area contributed by atoms with Crippen LogP contribution in [0.25, 0.3) is 0 Å². The topological polar surface area (TPSA) is 24.5 Å². The van der Waals surface area contributed by atoms with Crippen molar-refractivity contribution >= 4 is 5.69 Å². The molecular weight excluding hydrogens is 260 g/mol. The first kappa shape index (κ1) is 16.3. The smallest absolute Gasteiger partial charge is 0.0587 e. The molecule has 0 radical (unpaired) electrons. The molecule has 1 aliphatic rings. The van der Waals surface area contributed by atoms with Crippen LogP contribution in [-0.4, -0.2) is 32.8 Å². The van der Waals surface area contributed by atoms with Crippen molar-refractivity contribution in [3.05, 3.63) is 29.8 Å². The highest BCUT2D eigenvalue weighted by Gasteiger charge is 2.19. The van der Waals surface area contributed by atoms with Crippen molar-refractivity contribution in [1.82, 2.24) is 5.32 Å². The van der Waals surface area contributed by atoms with Crippen LogP contribution in [0, 0.1) is 0 Å². The molecule has 1 atom stereocenters. The van der Waals surface area contributed by atoms with Crippen LogP contribution in [0.5, 0.6) is 0 Å². The van der Waals surface area contributed by atoms with Gasteiger partial charge >= 0.3 is 0 Å². The Balaban J connectivity index is 1.93. The molecule has 0 bridgehead atoms. The molecule has 2 rings (SSSR count). The molecule has 0 amide bonds. The van der Waals surface area contributed by atoms with Crippen molar-refractivity contribution in [2.45, 2.75) is 51.6 Å². The van der Waals surface area contributed by atoms with E-state index in [4.69, 9.17) is 4.74 Å². The maximum absolute atomic E-state index is 5.05. The Morgan fingerprint density at radius 1 is 1.19 bits per heavy atom. The van der Waals surface area contributed by atoms with E-state index >= 15 is 0 Å². The number of rotatable bonds is 7. The summed E-state index contributed by atoms with van der Waals surface area (Å²) in [7, 11) is 1.74. The van der Waals surface area contributed by atoms with Crippen molar-refractivity contribution < 1.29 is 4.74 Å². The molecule has 1 aliphatic heterocycles. The third-order valence-electron chi connectivity index (χ3n) is 4.43. The van der Waals surface area contributed by atoms with E-state index in [0.29, 0.717) is 0 Å².